The monoisotopic (exact) mass is 561 g/mol. The zero-order valence-corrected chi connectivity index (χ0v) is 22.2. The van der Waals surface area contributed by atoms with Gasteiger partial charge in [-0.25, -0.2) is 4.99 Å². The van der Waals surface area contributed by atoms with Gasteiger partial charge in [0, 0.05) is 25.3 Å². The van der Waals surface area contributed by atoms with Gasteiger partial charge in [-0.15, -0.1) is 24.0 Å². The fraction of sp³-hybridized carbons (Fsp3) is 0.385. The molecule has 3 aromatic rings. The number of benzene rings is 2. The van der Waals surface area contributed by atoms with Crippen molar-refractivity contribution < 1.29 is 4.74 Å². The Balaban J connectivity index is 0.00000385. The Bertz CT molecular complexity index is 970. The van der Waals surface area contributed by atoms with Crippen LogP contribution in [-0.2, 0) is 31.0 Å². The van der Waals surface area contributed by atoms with Gasteiger partial charge in [0.2, 0.25) is 0 Å². The quantitative estimate of drug-likeness (QED) is 0.150. The number of aromatic nitrogens is 2. The van der Waals surface area contributed by atoms with Gasteiger partial charge in [0.25, 0.3) is 0 Å². The Labute approximate surface area is 214 Å². The van der Waals surface area contributed by atoms with E-state index >= 15 is 0 Å². The number of guanidine groups is 1. The second-order valence-electron chi connectivity index (χ2n) is 7.92. The number of nitrogens with zero attached hydrogens (tertiary/aromatic N) is 3. The van der Waals surface area contributed by atoms with Gasteiger partial charge in [-0.05, 0) is 49.9 Å². The molecule has 6 nitrogen and oxygen atoms in total. The second kappa shape index (κ2) is 14.7. The van der Waals surface area contributed by atoms with Crippen molar-refractivity contribution in [2.75, 3.05) is 13.1 Å². The maximum absolute atomic E-state index is 5.82. The molecular formula is C26H36IN5O. The zero-order valence-electron chi connectivity index (χ0n) is 19.9. The Hall–Kier alpha value is -2.39. The van der Waals surface area contributed by atoms with Crippen LogP contribution in [0.2, 0.25) is 0 Å². The maximum atomic E-state index is 5.82. The zero-order chi connectivity index (χ0) is 22.6. The molecule has 1 heterocycles. The van der Waals surface area contributed by atoms with E-state index in [2.05, 4.69) is 76.7 Å². The first-order valence-electron chi connectivity index (χ1n) is 11.4. The van der Waals surface area contributed by atoms with Crippen molar-refractivity contribution in [3.05, 3.63) is 88.7 Å². The molecule has 2 aromatic carbocycles. The molecule has 0 aliphatic carbocycles. The minimum atomic E-state index is 0. The van der Waals surface area contributed by atoms with Gasteiger partial charge in [-0.3, -0.25) is 4.68 Å². The molecule has 33 heavy (non-hydrogen) atoms. The van der Waals surface area contributed by atoms with Gasteiger partial charge >= 0.3 is 0 Å². The van der Waals surface area contributed by atoms with Crippen molar-refractivity contribution in [3.63, 3.8) is 0 Å². The Morgan fingerprint density at radius 2 is 1.61 bits per heavy atom. The summed E-state index contributed by atoms with van der Waals surface area (Å²) >= 11 is 0. The van der Waals surface area contributed by atoms with E-state index in [1.165, 1.54) is 22.4 Å². The highest BCUT2D eigenvalue weighted by Gasteiger charge is 2.02. The van der Waals surface area contributed by atoms with Gasteiger partial charge in [0.05, 0.1) is 25.5 Å². The third kappa shape index (κ3) is 9.55. The van der Waals surface area contributed by atoms with Crippen LogP contribution in [0.15, 0.2) is 65.7 Å². The van der Waals surface area contributed by atoms with Crippen LogP contribution in [0.4, 0.5) is 0 Å². The molecule has 0 bridgehead atoms. The van der Waals surface area contributed by atoms with Crippen molar-refractivity contribution in [1.82, 2.24) is 20.4 Å². The summed E-state index contributed by atoms with van der Waals surface area (Å²) in [7, 11) is 0. The lowest BCUT2D eigenvalue weighted by Gasteiger charge is -2.12. The first-order chi connectivity index (χ1) is 15.6. The van der Waals surface area contributed by atoms with Gasteiger partial charge in [-0.2, -0.15) is 5.10 Å². The molecule has 0 aliphatic rings. The SMILES string of the molecule is CCNC(=NCc1ccc(COCc2ccccc2)cc1)NCCCn1nc(C)cc1C.I. The molecule has 3 rings (SSSR count). The summed E-state index contributed by atoms with van der Waals surface area (Å²) in [5.41, 5.74) is 5.81. The van der Waals surface area contributed by atoms with E-state index < -0.39 is 0 Å². The predicted octanol–water partition coefficient (Wildman–Crippen LogP) is 4.98. The lowest BCUT2D eigenvalue weighted by molar-refractivity contribution is 0.107. The Morgan fingerprint density at radius 3 is 2.24 bits per heavy atom. The van der Waals surface area contributed by atoms with E-state index in [4.69, 9.17) is 9.73 Å². The second-order valence-corrected chi connectivity index (χ2v) is 7.92. The molecule has 178 valence electrons. The lowest BCUT2D eigenvalue weighted by Crippen LogP contribution is -2.38. The van der Waals surface area contributed by atoms with Gasteiger partial charge in [0.15, 0.2) is 5.96 Å². The normalized spacial score (nSPS) is 11.2. The van der Waals surface area contributed by atoms with Crippen LogP contribution in [0.25, 0.3) is 0 Å². The standard InChI is InChI=1S/C26H35N5O.HI/c1-4-27-26(28-15-8-16-31-22(3)17-21(2)30-31)29-18-23-11-13-25(14-12-23)20-32-19-24-9-6-5-7-10-24;/h5-7,9-14,17H,4,8,15-16,18-20H2,1-3H3,(H2,27,28,29);1H. The average molecular weight is 562 g/mol. The molecule has 0 saturated heterocycles. The van der Waals surface area contributed by atoms with Crippen molar-refractivity contribution in [1.29, 1.82) is 0 Å². The molecule has 0 aliphatic heterocycles. The van der Waals surface area contributed by atoms with E-state index in [1.54, 1.807) is 0 Å². The fourth-order valence-corrected chi connectivity index (χ4v) is 3.45. The van der Waals surface area contributed by atoms with Crippen molar-refractivity contribution in [3.8, 4) is 0 Å². The Kier molecular flexibility index (Phi) is 12.0. The van der Waals surface area contributed by atoms with Gasteiger partial charge < -0.3 is 15.4 Å². The minimum absolute atomic E-state index is 0. The third-order valence-corrected chi connectivity index (χ3v) is 5.11. The van der Waals surface area contributed by atoms with Crippen LogP contribution in [0.3, 0.4) is 0 Å². The summed E-state index contributed by atoms with van der Waals surface area (Å²) in [6, 6.07) is 20.8. The van der Waals surface area contributed by atoms with Crippen LogP contribution in [-0.4, -0.2) is 28.8 Å². The average Bonchev–Trinajstić information content (AvgIpc) is 3.13. The van der Waals surface area contributed by atoms with Crippen LogP contribution in [0, 0.1) is 13.8 Å². The molecule has 0 amide bonds. The smallest absolute Gasteiger partial charge is 0.191 e. The molecular weight excluding hydrogens is 525 g/mol. The number of ether oxygens (including phenoxy) is 1. The van der Waals surface area contributed by atoms with Gasteiger partial charge in [-0.1, -0.05) is 54.6 Å². The van der Waals surface area contributed by atoms with E-state index in [0.717, 1.165) is 37.7 Å². The predicted molar refractivity (Wildman–Crippen MR) is 146 cm³/mol. The Morgan fingerprint density at radius 1 is 0.939 bits per heavy atom. The van der Waals surface area contributed by atoms with Crippen molar-refractivity contribution >= 4 is 29.9 Å². The highest BCUT2D eigenvalue weighted by molar-refractivity contribution is 14.0. The van der Waals surface area contributed by atoms with E-state index in [1.807, 2.05) is 25.1 Å². The summed E-state index contributed by atoms with van der Waals surface area (Å²) in [5.74, 6) is 0.844. The minimum Gasteiger partial charge on any atom is -0.372 e. The molecule has 1 aromatic heterocycles. The fourth-order valence-electron chi connectivity index (χ4n) is 3.45. The molecule has 7 heteroatoms. The molecule has 0 saturated carbocycles. The highest BCUT2D eigenvalue weighted by atomic mass is 127. The van der Waals surface area contributed by atoms with Crippen LogP contribution in [0.5, 0.6) is 0 Å². The first kappa shape index (κ1) is 26.9. The van der Waals surface area contributed by atoms with Crippen LogP contribution < -0.4 is 10.6 Å². The molecule has 0 spiro atoms. The van der Waals surface area contributed by atoms with Crippen LogP contribution >= 0.6 is 24.0 Å². The number of nitrogens with one attached hydrogen (secondary N) is 2. The third-order valence-electron chi connectivity index (χ3n) is 5.11. The van der Waals surface area contributed by atoms with Crippen molar-refractivity contribution in [2.45, 2.75) is 53.5 Å². The summed E-state index contributed by atoms with van der Waals surface area (Å²) in [6.45, 7) is 10.7. The largest absolute Gasteiger partial charge is 0.372 e. The number of rotatable bonds is 11. The highest BCUT2D eigenvalue weighted by Crippen LogP contribution is 2.09. The lowest BCUT2D eigenvalue weighted by atomic mass is 10.1. The topological polar surface area (TPSA) is 63.5 Å². The van der Waals surface area contributed by atoms with Gasteiger partial charge in [0.1, 0.15) is 0 Å². The number of hydrogen-bond acceptors (Lipinski definition) is 3. The molecule has 2 N–H and O–H groups in total. The number of aryl methyl sites for hydroxylation is 3. The number of aliphatic imine (C=N–C) groups is 1. The first-order valence-corrected chi connectivity index (χ1v) is 11.4. The number of halogens is 1. The summed E-state index contributed by atoms with van der Waals surface area (Å²) in [4.78, 5) is 4.72. The summed E-state index contributed by atoms with van der Waals surface area (Å²) < 4.78 is 7.88. The summed E-state index contributed by atoms with van der Waals surface area (Å²) in [6.07, 6.45) is 0.990. The van der Waals surface area contributed by atoms with E-state index in [0.29, 0.717) is 19.8 Å². The maximum Gasteiger partial charge on any atom is 0.191 e. The van der Waals surface area contributed by atoms with E-state index in [9.17, 15) is 0 Å². The molecule has 0 radical (unpaired) electrons. The molecule has 0 fully saturated rings. The number of hydrogen-bond donors (Lipinski definition) is 2. The van der Waals surface area contributed by atoms with Crippen molar-refractivity contribution in [2.24, 2.45) is 4.99 Å². The van der Waals surface area contributed by atoms with E-state index in [-0.39, 0.29) is 24.0 Å². The molecule has 0 unspecified atom stereocenters. The van der Waals surface area contributed by atoms with Crippen LogP contribution in [0.1, 0.15) is 41.4 Å². The summed E-state index contributed by atoms with van der Waals surface area (Å²) in [5, 5.41) is 11.3. The molecule has 0 atom stereocenters.